The molecule has 0 radical (unpaired) electrons. The van der Waals surface area contributed by atoms with Gasteiger partial charge >= 0.3 is 0 Å². The van der Waals surface area contributed by atoms with Crippen molar-refractivity contribution in [3.05, 3.63) is 35.9 Å². The maximum atomic E-state index is 13.0. The minimum Gasteiger partial charge on any atom is -0.347 e. The van der Waals surface area contributed by atoms with Gasteiger partial charge in [0.2, 0.25) is 11.8 Å². The van der Waals surface area contributed by atoms with Gasteiger partial charge in [0.15, 0.2) is 0 Å². The third-order valence-corrected chi connectivity index (χ3v) is 5.91. The summed E-state index contributed by atoms with van der Waals surface area (Å²) in [6.07, 6.45) is 1.89. The van der Waals surface area contributed by atoms with Crippen molar-refractivity contribution in [1.82, 2.24) is 14.7 Å². The minimum atomic E-state index is -0.288. The molecule has 0 aromatic heterocycles. The van der Waals surface area contributed by atoms with E-state index in [4.69, 9.17) is 0 Å². The summed E-state index contributed by atoms with van der Waals surface area (Å²) in [6.45, 7) is 5.89. The van der Waals surface area contributed by atoms with Crippen LogP contribution in [0.15, 0.2) is 30.3 Å². The number of hydrogen-bond donors (Lipinski definition) is 0. The number of carbonyl (C=O) groups excluding carboxylic acids is 2. The highest BCUT2D eigenvalue weighted by Gasteiger charge is 2.54. The molecule has 136 valence electrons. The maximum absolute atomic E-state index is 13.0. The van der Waals surface area contributed by atoms with Gasteiger partial charge in [-0.3, -0.25) is 9.59 Å². The number of benzene rings is 1. The lowest BCUT2D eigenvalue weighted by Crippen LogP contribution is -2.43. The molecule has 2 fully saturated rings. The van der Waals surface area contributed by atoms with Gasteiger partial charge in [0.25, 0.3) is 0 Å². The third kappa shape index (κ3) is 3.56. The van der Waals surface area contributed by atoms with E-state index in [9.17, 15) is 9.59 Å². The van der Waals surface area contributed by atoms with Crippen molar-refractivity contribution in [2.24, 2.45) is 11.3 Å². The first-order valence-corrected chi connectivity index (χ1v) is 9.18. The number of nitrogens with zero attached hydrogens (tertiary/aromatic N) is 3. The van der Waals surface area contributed by atoms with Crippen molar-refractivity contribution in [3.8, 4) is 0 Å². The third-order valence-electron chi connectivity index (χ3n) is 5.91. The molecule has 25 heavy (non-hydrogen) atoms. The van der Waals surface area contributed by atoms with E-state index in [1.807, 2.05) is 6.07 Å². The molecule has 2 atom stereocenters. The molecule has 0 bridgehead atoms. The summed E-state index contributed by atoms with van der Waals surface area (Å²) in [4.78, 5) is 30.8. The van der Waals surface area contributed by atoms with Crippen LogP contribution in [0.25, 0.3) is 0 Å². The molecule has 0 aliphatic carbocycles. The quantitative estimate of drug-likeness (QED) is 0.814. The highest BCUT2D eigenvalue weighted by atomic mass is 16.2. The Labute approximate surface area is 150 Å². The molecule has 1 aromatic carbocycles. The van der Waals surface area contributed by atoms with E-state index in [-0.39, 0.29) is 23.8 Å². The van der Waals surface area contributed by atoms with E-state index in [0.29, 0.717) is 12.5 Å². The van der Waals surface area contributed by atoms with Crippen molar-refractivity contribution in [3.63, 3.8) is 0 Å². The van der Waals surface area contributed by atoms with Gasteiger partial charge in [-0.1, -0.05) is 37.3 Å². The second-order valence-corrected chi connectivity index (χ2v) is 7.79. The molecule has 1 aromatic rings. The second kappa shape index (κ2) is 7.16. The highest BCUT2D eigenvalue weighted by Crippen LogP contribution is 2.44. The Hall–Kier alpha value is -1.88. The Morgan fingerprint density at radius 1 is 1.28 bits per heavy atom. The van der Waals surface area contributed by atoms with Crippen LogP contribution in [0.4, 0.5) is 0 Å². The first-order chi connectivity index (χ1) is 11.9. The normalized spacial score (nSPS) is 26.6. The highest BCUT2D eigenvalue weighted by molar-refractivity contribution is 5.90. The zero-order valence-electron chi connectivity index (χ0n) is 15.6. The summed E-state index contributed by atoms with van der Waals surface area (Å²) in [5.41, 5.74) is 1.05. The van der Waals surface area contributed by atoms with Crippen molar-refractivity contribution >= 4 is 11.8 Å². The molecule has 5 nitrogen and oxygen atoms in total. The lowest BCUT2D eigenvalue weighted by molar-refractivity contribution is -0.142. The fourth-order valence-corrected chi connectivity index (χ4v) is 4.20. The van der Waals surface area contributed by atoms with Crippen LogP contribution in [0.3, 0.4) is 0 Å². The van der Waals surface area contributed by atoms with Gasteiger partial charge in [-0.25, -0.2) is 0 Å². The Kier molecular flexibility index (Phi) is 5.13. The first-order valence-electron chi connectivity index (χ1n) is 9.18. The molecule has 2 heterocycles. The number of amides is 2. The molecule has 1 spiro atoms. The van der Waals surface area contributed by atoms with Crippen LogP contribution in [0, 0.1) is 11.3 Å². The maximum Gasteiger partial charge on any atom is 0.241 e. The molecule has 0 N–H and O–H groups in total. The van der Waals surface area contributed by atoms with Crippen LogP contribution < -0.4 is 0 Å². The smallest absolute Gasteiger partial charge is 0.241 e. The lowest BCUT2D eigenvalue weighted by atomic mass is 9.78. The zero-order valence-corrected chi connectivity index (χ0v) is 15.6. The molecule has 0 unspecified atom stereocenters. The summed E-state index contributed by atoms with van der Waals surface area (Å²) < 4.78 is 0. The van der Waals surface area contributed by atoms with Gasteiger partial charge in [-0.15, -0.1) is 0 Å². The number of hydrogen-bond acceptors (Lipinski definition) is 3. The average molecular weight is 343 g/mol. The second-order valence-electron chi connectivity index (χ2n) is 7.79. The predicted octanol–water partition coefficient (Wildman–Crippen LogP) is 1.49. The Bertz CT molecular complexity index is 631. The standard InChI is InChI=1S/C20H29N3O2/c1-16-13-22(11-9-17-7-5-4-6-8-17)15-20(16)10-12-23(19(20)25)14-18(24)21(2)3/h4-8,16H,9-15H2,1-3H3/t16-,20-/m0/s1. The summed E-state index contributed by atoms with van der Waals surface area (Å²) in [6, 6.07) is 10.5. The van der Waals surface area contributed by atoms with Crippen LogP contribution in [0.2, 0.25) is 0 Å². The summed E-state index contributed by atoms with van der Waals surface area (Å²) in [7, 11) is 3.48. The van der Waals surface area contributed by atoms with Crippen LogP contribution in [0.5, 0.6) is 0 Å². The monoisotopic (exact) mass is 343 g/mol. The average Bonchev–Trinajstić information content (AvgIpc) is 3.09. The molecular formula is C20H29N3O2. The zero-order chi connectivity index (χ0) is 18.0. The van der Waals surface area contributed by atoms with Crippen molar-refractivity contribution < 1.29 is 9.59 Å². The van der Waals surface area contributed by atoms with Crippen LogP contribution in [0.1, 0.15) is 18.9 Å². The molecular weight excluding hydrogens is 314 g/mol. The lowest BCUT2D eigenvalue weighted by Gasteiger charge is -2.27. The van der Waals surface area contributed by atoms with Gasteiger partial charge in [-0.2, -0.15) is 0 Å². The number of carbonyl (C=O) groups is 2. The first kappa shape index (κ1) is 17.9. The van der Waals surface area contributed by atoms with Crippen LogP contribution >= 0.6 is 0 Å². The van der Waals surface area contributed by atoms with Crippen LogP contribution in [-0.4, -0.2) is 73.3 Å². The van der Waals surface area contributed by atoms with E-state index >= 15 is 0 Å². The largest absolute Gasteiger partial charge is 0.347 e. The molecule has 2 aliphatic heterocycles. The molecule has 2 amide bonds. The Morgan fingerprint density at radius 3 is 2.68 bits per heavy atom. The minimum absolute atomic E-state index is 0.00279. The van der Waals surface area contributed by atoms with Crippen molar-refractivity contribution in [1.29, 1.82) is 0 Å². The SMILES string of the molecule is C[C@H]1CN(CCc2ccccc2)C[C@@]12CCN(CC(=O)N(C)C)C2=O. The molecule has 5 heteroatoms. The van der Waals surface area contributed by atoms with Crippen molar-refractivity contribution in [2.45, 2.75) is 19.8 Å². The van der Waals surface area contributed by atoms with Crippen LogP contribution in [-0.2, 0) is 16.0 Å². The molecule has 3 rings (SSSR count). The Morgan fingerprint density at radius 2 is 2.00 bits per heavy atom. The number of rotatable bonds is 5. The van der Waals surface area contributed by atoms with E-state index in [0.717, 1.165) is 32.5 Å². The molecule has 2 aliphatic rings. The van der Waals surface area contributed by atoms with Gasteiger partial charge in [-0.05, 0) is 24.3 Å². The fourth-order valence-electron chi connectivity index (χ4n) is 4.20. The van der Waals surface area contributed by atoms with Gasteiger partial charge < -0.3 is 14.7 Å². The predicted molar refractivity (Wildman–Crippen MR) is 98.1 cm³/mol. The summed E-state index contributed by atoms with van der Waals surface area (Å²) >= 11 is 0. The summed E-state index contributed by atoms with van der Waals surface area (Å²) in [5.74, 6) is 0.518. The van der Waals surface area contributed by atoms with Gasteiger partial charge in [0.05, 0.1) is 12.0 Å². The summed E-state index contributed by atoms with van der Waals surface area (Å²) in [5, 5.41) is 0. The number of likely N-dealkylation sites (tertiary alicyclic amines) is 2. The fraction of sp³-hybridized carbons (Fsp3) is 0.600. The topological polar surface area (TPSA) is 43.9 Å². The molecule has 2 saturated heterocycles. The van der Waals surface area contributed by atoms with Gasteiger partial charge in [0.1, 0.15) is 0 Å². The number of likely N-dealkylation sites (N-methyl/N-ethyl adjacent to an activating group) is 1. The van der Waals surface area contributed by atoms with E-state index < -0.39 is 0 Å². The van der Waals surface area contributed by atoms with E-state index in [2.05, 4.69) is 36.1 Å². The van der Waals surface area contributed by atoms with E-state index in [1.54, 1.807) is 23.9 Å². The Balaban J connectivity index is 1.61. The molecule has 0 saturated carbocycles. The van der Waals surface area contributed by atoms with Gasteiger partial charge in [0, 0.05) is 40.3 Å². The van der Waals surface area contributed by atoms with Crippen molar-refractivity contribution in [2.75, 3.05) is 46.8 Å². The van der Waals surface area contributed by atoms with E-state index in [1.165, 1.54) is 5.56 Å².